The Balaban J connectivity index is 1.44. The summed E-state index contributed by atoms with van der Waals surface area (Å²) in [4.78, 5) is 21.0. The normalized spacial score (nSPS) is 30.6. The van der Waals surface area contributed by atoms with Crippen LogP contribution < -0.4 is 0 Å². The van der Waals surface area contributed by atoms with Crippen LogP contribution in [-0.2, 0) is 16.1 Å². The summed E-state index contributed by atoms with van der Waals surface area (Å²) in [6.45, 7) is 2.77. The second-order valence-corrected chi connectivity index (χ2v) is 9.54. The van der Waals surface area contributed by atoms with Gasteiger partial charge in [0.25, 0.3) is 0 Å². The van der Waals surface area contributed by atoms with E-state index >= 15 is 0 Å². The van der Waals surface area contributed by atoms with Crippen LogP contribution in [0.4, 0.5) is 0 Å². The Labute approximate surface area is 194 Å². The Morgan fingerprint density at radius 3 is 2.15 bits per heavy atom. The predicted molar refractivity (Wildman–Crippen MR) is 128 cm³/mol. The van der Waals surface area contributed by atoms with Crippen LogP contribution in [0.5, 0.6) is 0 Å². The van der Waals surface area contributed by atoms with Gasteiger partial charge in [-0.05, 0) is 29.4 Å². The molecule has 0 N–H and O–H groups in total. The summed E-state index contributed by atoms with van der Waals surface area (Å²) in [6.07, 6.45) is 1.10. The molecule has 0 aromatic heterocycles. The number of rotatable bonds is 4. The van der Waals surface area contributed by atoms with Crippen LogP contribution in [0.25, 0.3) is 0 Å². The molecule has 166 valence electrons. The van der Waals surface area contributed by atoms with Gasteiger partial charge in [0.05, 0.1) is 5.71 Å². The molecule has 1 spiro atoms. The van der Waals surface area contributed by atoms with E-state index in [1.165, 1.54) is 5.56 Å². The summed E-state index contributed by atoms with van der Waals surface area (Å²) in [6, 6.07) is 31.0. The van der Waals surface area contributed by atoms with Crippen molar-refractivity contribution in [1.82, 2.24) is 4.90 Å². The highest BCUT2D eigenvalue weighted by Gasteiger charge is 2.62. The number of amides is 1. The maximum absolute atomic E-state index is 13.9. The van der Waals surface area contributed by atoms with E-state index in [1.54, 1.807) is 0 Å². The lowest BCUT2D eigenvalue weighted by Gasteiger charge is -2.37. The molecule has 0 unspecified atom stereocenters. The highest BCUT2D eigenvalue weighted by molar-refractivity contribution is 6.01. The largest absolute Gasteiger partial charge is 0.321 e. The molecule has 3 aliphatic rings. The highest BCUT2D eigenvalue weighted by atomic mass is 16.6. The second kappa shape index (κ2) is 7.96. The van der Waals surface area contributed by atoms with Crippen LogP contribution in [0.15, 0.2) is 96.0 Å². The summed E-state index contributed by atoms with van der Waals surface area (Å²) in [5.74, 6) is 0.567. The molecule has 1 saturated heterocycles. The number of benzene rings is 3. The van der Waals surface area contributed by atoms with Crippen molar-refractivity contribution in [3.8, 4) is 0 Å². The summed E-state index contributed by atoms with van der Waals surface area (Å²) < 4.78 is 6.80. The maximum atomic E-state index is 13.9. The van der Waals surface area contributed by atoms with Gasteiger partial charge in [-0.2, -0.15) is 0 Å². The molecule has 1 saturated carbocycles. The highest BCUT2D eigenvalue weighted by Crippen LogP contribution is 2.54. The topological polar surface area (TPSA) is 41.9 Å². The van der Waals surface area contributed by atoms with Crippen LogP contribution in [0, 0.1) is 11.8 Å². The first-order valence-corrected chi connectivity index (χ1v) is 11.9. The SMILES string of the molecule is C[C@@H]1[C@H]2C[C@]3(O[C@@H](c4ccccc4)N=C3C[C@H]1c1ccccc1)N(Cc1ccccc1)C2=O. The van der Waals surface area contributed by atoms with Crippen molar-refractivity contribution in [1.29, 1.82) is 0 Å². The lowest BCUT2D eigenvalue weighted by Crippen LogP contribution is -2.52. The fourth-order valence-corrected chi connectivity index (χ4v) is 5.93. The maximum Gasteiger partial charge on any atom is 0.229 e. The van der Waals surface area contributed by atoms with Gasteiger partial charge in [-0.15, -0.1) is 0 Å². The Hall–Kier alpha value is -3.24. The fourth-order valence-electron chi connectivity index (χ4n) is 5.93. The molecule has 3 aromatic rings. The van der Waals surface area contributed by atoms with Gasteiger partial charge in [0.15, 0.2) is 12.0 Å². The summed E-state index contributed by atoms with van der Waals surface area (Å²) in [5.41, 5.74) is 3.68. The molecule has 2 bridgehead atoms. The second-order valence-electron chi connectivity index (χ2n) is 9.54. The third kappa shape index (κ3) is 3.32. The number of aliphatic imine (C=N–C) groups is 1. The monoisotopic (exact) mass is 436 g/mol. The fraction of sp³-hybridized carbons (Fsp3) is 0.310. The molecule has 1 amide bonds. The zero-order valence-corrected chi connectivity index (χ0v) is 18.8. The molecule has 1 aliphatic carbocycles. The van der Waals surface area contributed by atoms with Crippen LogP contribution in [0.3, 0.4) is 0 Å². The van der Waals surface area contributed by atoms with Crippen LogP contribution in [0.1, 0.15) is 48.6 Å². The summed E-state index contributed by atoms with van der Waals surface area (Å²) in [7, 11) is 0. The van der Waals surface area contributed by atoms with Gasteiger partial charge in [0, 0.05) is 24.4 Å². The third-order valence-electron chi connectivity index (χ3n) is 7.73. The van der Waals surface area contributed by atoms with Gasteiger partial charge >= 0.3 is 0 Å². The summed E-state index contributed by atoms with van der Waals surface area (Å²) >= 11 is 0. The first kappa shape index (κ1) is 20.4. The van der Waals surface area contributed by atoms with E-state index in [4.69, 9.17) is 9.73 Å². The first-order valence-electron chi connectivity index (χ1n) is 11.9. The van der Waals surface area contributed by atoms with E-state index in [0.29, 0.717) is 13.0 Å². The molecule has 2 heterocycles. The molecule has 4 nitrogen and oxygen atoms in total. The van der Waals surface area contributed by atoms with Gasteiger partial charge in [-0.25, -0.2) is 0 Å². The van der Waals surface area contributed by atoms with Crippen LogP contribution >= 0.6 is 0 Å². The average Bonchev–Trinajstić information content (AvgIpc) is 3.32. The Bertz CT molecular complexity index is 1180. The van der Waals surface area contributed by atoms with Crippen molar-refractivity contribution in [2.75, 3.05) is 0 Å². The van der Waals surface area contributed by atoms with Crippen molar-refractivity contribution >= 4 is 11.6 Å². The number of hydrogen-bond donors (Lipinski definition) is 0. The van der Waals surface area contributed by atoms with E-state index in [9.17, 15) is 4.79 Å². The molecule has 2 fully saturated rings. The average molecular weight is 437 g/mol. The zero-order chi connectivity index (χ0) is 22.4. The number of nitrogens with zero attached hydrogens (tertiary/aromatic N) is 2. The first-order chi connectivity index (χ1) is 16.2. The number of fused-ring (bicyclic) bond motifs is 1. The number of likely N-dealkylation sites (tertiary alicyclic amines) is 1. The molecular weight excluding hydrogens is 408 g/mol. The number of carbonyl (C=O) groups is 1. The molecular formula is C29H28N2O2. The van der Waals surface area contributed by atoms with Gasteiger partial charge in [0.2, 0.25) is 5.91 Å². The molecule has 5 atom stereocenters. The minimum atomic E-state index is -0.768. The Kier molecular flexibility index (Phi) is 4.92. The van der Waals surface area contributed by atoms with Crippen LogP contribution in [-0.4, -0.2) is 22.2 Å². The standard InChI is InChI=1S/C29H28N2O2/c1-20-24(22-13-7-3-8-14-22)17-26-29(33-27(30-26)23-15-9-4-10-16-23)18-25(20)28(32)31(29)19-21-11-5-2-6-12-21/h2-16,20,24-25,27H,17-19H2,1H3/t20-,24+,25+,27-,29+/m0/s1. The molecule has 33 heavy (non-hydrogen) atoms. The molecule has 3 aromatic carbocycles. The van der Waals surface area contributed by atoms with Crippen molar-refractivity contribution in [3.05, 3.63) is 108 Å². The predicted octanol–water partition coefficient (Wildman–Crippen LogP) is 5.73. The van der Waals surface area contributed by atoms with E-state index < -0.39 is 5.72 Å². The molecule has 0 radical (unpaired) electrons. The number of ether oxygens (including phenoxy) is 1. The minimum absolute atomic E-state index is 0.0823. The van der Waals surface area contributed by atoms with E-state index in [0.717, 1.165) is 23.3 Å². The van der Waals surface area contributed by atoms with Crippen molar-refractivity contribution < 1.29 is 9.53 Å². The smallest absolute Gasteiger partial charge is 0.229 e. The van der Waals surface area contributed by atoms with Gasteiger partial charge in [0.1, 0.15) is 0 Å². The number of carbonyl (C=O) groups excluding carboxylic acids is 1. The lowest BCUT2D eigenvalue weighted by atomic mass is 9.78. The van der Waals surface area contributed by atoms with Gasteiger partial charge in [-0.3, -0.25) is 9.79 Å². The van der Waals surface area contributed by atoms with Crippen molar-refractivity contribution in [2.45, 2.75) is 44.2 Å². The van der Waals surface area contributed by atoms with E-state index in [2.05, 4.69) is 55.5 Å². The molecule has 6 rings (SSSR count). The Morgan fingerprint density at radius 2 is 1.48 bits per heavy atom. The quantitative estimate of drug-likeness (QED) is 0.524. The number of hydrogen-bond acceptors (Lipinski definition) is 3. The van der Waals surface area contributed by atoms with Gasteiger partial charge < -0.3 is 9.64 Å². The van der Waals surface area contributed by atoms with Crippen LogP contribution in [0.2, 0.25) is 0 Å². The van der Waals surface area contributed by atoms with E-state index in [-0.39, 0.29) is 29.9 Å². The molecule has 2 aliphatic heterocycles. The third-order valence-corrected chi connectivity index (χ3v) is 7.73. The molecule has 4 heteroatoms. The Morgan fingerprint density at radius 1 is 0.879 bits per heavy atom. The minimum Gasteiger partial charge on any atom is -0.321 e. The summed E-state index contributed by atoms with van der Waals surface area (Å²) in [5, 5.41) is 0. The van der Waals surface area contributed by atoms with Crippen molar-refractivity contribution in [2.24, 2.45) is 16.8 Å². The van der Waals surface area contributed by atoms with Gasteiger partial charge in [-0.1, -0.05) is 97.9 Å². The lowest BCUT2D eigenvalue weighted by molar-refractivity contribution is -0.151. The van der Waals surface area contributed by atoms with E-state index in [1.807, 2.05) is 47.4 Å². The zero-order valence-electron chi connectivity index (χ0n) is 18.8. The van der Waals surface area contributed by atoms with Crippen molar-refractivity contribution in [3.63, 3.8) is 0 Å².